The number of benzene rings is 1. The van der Waals surface area contributed by atoms with Crippen molar-refractivity contribution < 1.29 is 8.42 Å². The van der Waals surface area contributed by atoms with E-state index in [-0.39, 0.29) is 6.54 Å². The van der Waals surface area contributed by atoms with Gasteiger partial charge in [0.05, 0.1) is 6.26 Å². The van der Waals surface area contributed by atoms with Gasteiger partial charge in [0.2, 0.25) is 10.0 Å². The van der Waals surface area contributed by atoms with Gasteiger partial charge in [-0.25, -0.2) is 13.1 Å². The molecule has 3 nitrogen and oxygen atoms in total. The fourth-order valence-electron chi connectivity index (χ4n) is 0.927. The van der Waals surface area contributed by atoms with Gasteiger partial charge in [0.15, 0.2) is 0 Å². The molecule has 78 valence electrons. The molecule has 0 unspecified atom stereocenters. The lowest BCUT2D eigenvalue weighted by Gasteiger charge is -2.03. The molecule has 0 bridgehead atoms. The summed E-state index contributed by atoms with van der Waals surface area (Å²) in [7, 11) is -3.18. The molecule has 0 amide bonds. The van der Waals surface area contributed by atoms with E-state index in [1.54, 1.807) is 18.2 Å². The summed E-state index contributed by atoms with van der Waals surface area (Å²) in [5.74, 6) is 0. The van der Waals surface area contributed by atoms with E-state index in [0.717, 1.165) is 11.8 Å². The Kier molecular flexibility index (Phi) is 3.78. The summed E-state index contributed by atoms with van der Waals surface area (Å²) < 4.78 is 23.9. The molecular weight excluding hydrogens is 245 g/mol. The van der Waals surface area contributed by atoms with Crippen molar-refractivity contribution in [2.45, 2.75) is 6.54 Å². The van der Waals surface area contributed by atoms with Crippen molar-refractivity contribution in [2.24, 2.45) is 0 Å². The van der Waals surface area contributed by atoms with Crippen molar-refractivity contribution in [2.75, 3.05) is 6.26 Å². The van der Waals surface area contributed by atoms with E-state index in [4.69, 9.17) is 23.2 Å². The summed E-state index contributed by atoms with van der Waals surface area (Å²) in [4.78, 5) is 0. The molecule has 14 heavy (non-hydrogen) atoms. The van der Waals surface area contributed by atoms with Gasteiger partial charge in [-0.15, -0.1) is 0 Å². The summed E-state index contributed by atoms with van der Waals surface area (Å²) in [6.07, 6.45) is 1.10. The van der Waals surface area contributed by atoms with Crippen LogP contribution in [0.4, 0.5) is 0 Å². The minimum atomic E-state index is -3.18. The normalized spacial score (nSPS) is 11.6. The van der Waals surface area contributed by atoms with Gasteiger partial charge >= 0.3 is 0 Å². The van der Waals surface area contributed by atoms with Crippen LogP contribution in [0.15, 0.2) is 18.2 Å². The molecule has 0 aromatic heterocycles. The molecule has 0 heterocycles. The van der Waals surface area contributed by atoms with Crippen LogP contribution in [0, 0.1) is 0 Å². The van der Waals surface area contributed by atoms with E-state index < -0.39 is 10.0 Å². The lowest BCUT2D eigenvalue weighted by molar-refractivity contribution is 0.587. The molecule has 0 fully saturated rings. The van der Waals surface area contributed by atoms with E-state index in [0.29, 0.717) is 10.0 Å². The van der Waals surface area contributed by atoms with Crippen LogP contribution in [0.3, 0.4) is 0 Å². The summed E-state index contributed by atoms with van der Waals surface area (Å²) in [6.45, 7) is 0.194. The van der Waals surface area contributed by atoms with Gasteiger partial charge in [-0.3, -0.25) is 0 Å². The fourth-order valence-corrected chi connectivity index (χ4v) is 1.93. The highest BCUT2D eigenvalue weighted by Gasteiger charge is 2.02. The van der Waals surface area contributed by atoms with Gasteiger partial charge < -0.3 is 0 Å². The van der Waals surface area contributed by atoms with Crippen LogP contribution in [0.2, 0.25) is 10.0 Å². The van der Waals surface area contributed by atoms with Gasteiger partial charge in [-0.1, -0.05) is 23.2 Å². The van der Waals surface area contributed by atoms with Crippen molar-refractivity contribution in [3.05, 3.63) is 33.8 Å². The number of halogens is 2. The Bertz CT molecular complexity index is 411. The molecule has 0 spiro atoms. The largest absolute Gasteiger partial charge is 0.213 e. The first-order valence-corrected chi connectivity index (χ1v) is 6.41. The number of sulfonamides is 1. The highest BCUT2D eigenvalue weighted by atomic mass is 35.5. The standard InChI is InChI=1S/C8H9Cl2NO2S/c1-14(12,13)11-5-6-2-7(9)4-8(10)3-6/h2-4,11H,5H2,1H3. The lowest BCUT2D eigenvalue weighted by atomic mass is 10.2. The number of nitrogens with one attached hydrogen (secondary N) is 1. The fraction of sp³-hybridized carbons (Fsp3) is 0.250. The molecule has 0 aliphatic rings. The van der Waals surface area contributed by atoms with Crippen molar-refractivity contribution in [3.8, 4) is 0 Å². The lowest BCUT2D eigenvalue weighted by Crippen LogP contribution is -2.21. The van der Waals surface area contributed by atoms with Crippen molar-refractivity contribution in [1.29, 1.82) is 0 Å². The molecule has 0 radical (unpaired) electrons. The Hall–Kier alpha value is -0.290. The zero-order chi connectivity index (χ0) is 10.8. The summed E-state index contributed by atoms with van der Waals surface area (Å²) in [5, 5.41) is 0.977. The first-order chi connectivity index (χ1) is 6.37. The van der Waals surface area contributed by atoms with E-state index in [2.05, 4.69) is 4.72 Å². The van der Waals surface area contributed by atoms with E-state index in [9.17, 15) is 8.42 Å². The third-order valence-corrected chi connectivity index (χ3v) is 2.57. The number of hydrogen-bond donors (Lipinski definition) is 1. The second kappa shape index (κ2) is 4.49. The predicted molar refractivity (Wildman–Crippen MR) is 58.1 cm³/mol. The number of rotatable bonds is 3. The molecular formula is C8H9Cl2NO2S. The number of hydrogen-bond acceptors (Lipinski definition) is 2. The van der Waals surface area contributed by atoms with Crippen LogP contribution in [0.1, 0.15) is 5.56 Å². The molecule has 0 saturated heterocycles. The maximum absolute atomic E-state index is 10.8. The zero-order valence-electron chi connectivity index (χ0n) is 7.42. The summed E-state index contributed by atoms with van der Waals surface area (Å²) >= 11 is 11.5. The predicted octanol–water partition coefficient (Wildman–Crippen LogP) is 2.04. The van der Waals surface area contributed by atoms with Gasteiger partial charge in [-0.2, -0.15) is 0 Å². The third kappa shape index (κ3) is 4.28. The summed E-state index contributed by atoms with van der Waals surface area (Å²) in [5.41, 5.74) is 0.730. The summed E-state index contributed by atoms with van der Waals surface area (Å²) in [6, 6.07) is 4.91. The molecule has 0 aliphatic carbocycles. The van der Waals surface area contributed by atoms with Crippen LogP contribution in [0.5, 0.6) is 0 Å². The maximum Gasteiger partial charge on any atom is 0.209 e. The van der Waals surface area contributed by atoms with Crippen LogP contribution in [0.25, 0.3) is 0 Å². The van der Waals surface area contributed by atoms with Crippen LogP contribution >= 0.6 is 23.2 Å². The Morgan fingerprint density at radius 2 is 1.71 bits per heavy atom. The van der Waals surface area contributed by atoms with Crippen LogP contribution in [-0.4, -0.2) is 14.7 Å². The van der Waals surface area contributed by atoms with Gasteiger partial charge in [0.1, 0.15) is 0 Å². The molecule has 0 atom stereocenters. The van der Waals surface area contributed by atoms with Gasteiger partial charge in [-0.05, 0) is 23.8 Å². The SMILES string of the molecule is CS(=O)(=O)NCc1cc(Cl)cc(Cl)c1. The molecule has 1 rings (SSSR count). The maximum atomic E-state index is 10.8. The Morgan fingerprint density at radius 3 is 2.14 bits per heavy atom. The van der Waals surface area contributed by atoms with E-state index >= 15 is 0 Å². The Labute approximate surface area is 93.1 Å². The molecule has 1 N–H and O–H groups in total. The second-order valence-electron chi connectivity index (χ2n) is 2.87. The average molecular weight is 254 g/mol. The van der Waals surface area contributed by atoms with Crippen LogP contribution < -0.4 is 4.72 Å². The van der Waals surface area contributed by atoms with Gasteiger partial charge in [0, 0.05) is 16.6 Å². The smallest absolute Gasteiger partial charge is 0.209 e. The molecule has 0 aliphatic heterocycles. The Morgan fingerprint density at radius 1 is 1.21 bits per heavy atom. The average Bonchev–Trinajstić information content (AvgIpc) is 1.97. The van der Waals surface area contributed by atoms with Crippen molar-refractivity contribution in [1.82, 2.24) is 4.72 Å². The van der Waals surface area contributed by atoms with E-state index in [1.807, 2.05) is 0 Å². The highest BCUT2D eigenvalue weighted by molar-refractivity contribution is 7.88. The first-order valence-electron chi connectivity index (χ1n) is 3.76. The molecule has 1 aromatic carbocycles. The molecule has 6 heteroatoms. The minimum absolute atomic E-state index is 0.194. The quantitative estimate of drug-likeness (QED) is 0.897. The minimum Gasteiger partial charge on any atom is -0.213 e. The second-order valence-corrected chi connectivity index (χ2v) is 5.58. The third-order valence-electron chi connectivity index (χ3n) is 1.46. The molecule has 1 aromatic rings. The molecule has 0 saturated carbocycles. The van der Waals surface area contributed by atoms with Crippen LogP contribution in [-0.2, 0) is 16.6 Å². The topological polar surface area (TPSA) is 46.2 Å². The monoisotopic (exact) mass is 253 g/mol. The van der Waals surface area contributed by atoms with Crippen molar-refractivity contribution >= 4 is 33.2 Å². The zero-order valence-corrected chi connectivity index (χ0v) is 9.75. The highest BCUT2D eigenvalue weighted by Crippen LogP contribution is 2.18. The van der Waals surface area contributed by atoms with Crippen molar-refractivity contribution in [3.63, 3.8) is 0 Å². The Balaban J connectivity index is 2.78. The first kappa shape index (κ1) is 11.8. The van der Waals surface area contributed by atoms with Gasteiger partial charge in [0.25, 0.3) is 0 Å². The van der Waals surface area contributed by atoms with E-state index in [1.165, 1.54) is 0 Å².